The molecule has 0 aliphatic carbocycles. The second kappa shape index (κ2) is 4.18. The zero-order chi connectivity index (χ0) is 9.84. The summed E-state index contributed by atoms with van der Waals surface area (Å²) in [4.78, 5) is 10.2. The predicted molar refractivity (Wildman–Crippen MR) is 50.1 cm³/mol. The standard InChI is InChI=1S/C7H11N3O2S/c1-4(2)6-9-10-7(13-6)8-3-5(11)12/h4H,3H2,1-2H3,(H,8,10)(H,11,12). The zero-order valence-electron chi connectivity index (χ0n) is 7.44. The van der Waals surface area contributed by atoms with Gasteiger partial charge in [-0.2, -0.15) is 0 Å². The smallest absolute Gasteiger partial charge is 0.322 e. The molecule has 0 aromatic carbocycles. The molecule has 1 aromatic rings. The summed E-state index contributed by atoms with van der Waals surface area (Å²) in [6.45, 7) is 3.91. The number of anilines is 1. The Morgan fingerprint density at radius 3 is 2.77 bits per heavy atom. The summed E-state index contributed by atoms with van der Waals surface area (Å²) in [5.41, 5.74) is 0. The van der Waals surface area contributed by atoms with Gasteiger partial charge < -0.3 is 10.4 Å². The van der Waals surface area contributed by atoms with E-state index < -0.39 is 5.97 Å². The summed E-state index contributed by atoms with van der Waals surface area (Å²) in [6, 6.07) is 0. The maximum atomic E-state index is 10.2. The summed E-state index contributed by atoms with van der Waals surface area (Å²) in [5, 5.41) is 20.2. The minimum atomic E-state index is -0.902. The molecule has 72 valence electrons. The van der Waals surface area contributed by atoms with E-state index >= 15 is 0 Å². The number of aromatic nitrogens is 2. The van der Waals surface area contributed by atoms with Gasteiger partial charge in [0.15, 0.2) is 0 Å². The first-order valence-corrected chi connectivity index (χ1v) is 4.70. The summed E-state index contributed by atoms with van der Waals surface area (Å²) in [7, 11) is 0. The molecule has 6 heteroatoms. The highest BCUT2D eigenvalue weighted by Crippen LogP contribution is 2.21. The molecule has 0 radical (unpaired) electrons. The molecular formula is C7H11N3O2S. The SMILES string of the molecule is CC(C)c1nnc(NCC(=O)O)s1. The third-order valence-electron chi connectivity index (χ3n) is 1.33. The fourth-order valence-corrected chi connectivity index (χ4v) is 1.43. The highest BCUT2D eigenvalue weighted by molar-refractivity contribution is 7.15. The van der Waals surface area contributed by atoms with Crippen molar-refractivity contribution in [1.82, 2.24) is 10.2 Å². The van der Waals surface area contributed by atoms with Crippen molar-refractivity contribution in [2.75, 3.05) is 11.9 Å². The van der Waals surface area contributed by atoms with E-state index in [1.54, 1.807) is 0 Å². The van der Waals surface area contributed by atoms with Gasteiger partial charge >= 0.3 is 5.97 Å². The molecule has 0 unspecified atom stereocenters. The molecule has 1 aromatic heterocycles. The molecule has 0 saturated heterocycles. The molecule has 0 aliphatic heterocycles. The van der Waals surface area contributed by atoms with Gasteiger partial charge in [0.2, 0.25) is 5.13 Å². The lowest BCUT2D eigenvalue weighted by atomic mass is 10.2. The first-order valence-electron chi connectivity index (χ1n) is 3.88. The number of rotatable bonds is 4. The van der Waals surface area contributed by atoms with E-state index in [9.17, 15) is 4.79 Å². The topological polar surface area (TPSA) is 75.1 Å². The van der Waals surface area contributed by atoms with Crippen molar-refractivity contribution in [3.05, 3.63) is 5.01 Å². The predicted octanol–water partition coefficient (Wildman–Crippen LogP) is 1.16. The van der Waals surface area contributed by atoms with Crippen LogP contribution in [-0.2, 0) is 4.79 Å². The van der Waals surface area contributed by atoms with Crippen molar-refractivity contribution in [2.24, 2.45) is 0 Å². The minimum absolute atomic E-state index is 0.118. The molecule has 0 fully saturated rings. The van der Waals surface area contributed by atoms with Gasteiger partial charge in [0.05, 0.1) is 0 Å². The lowest BCUT2D eigenvalue weighted by molar-refractivity contribution is -0.134. The Balaban J connectivity index is 2.54. The molecule has 0 aliphatic rings. The number of aliphatic carboxylic acids is 1. The lowest BCUT2D eigenvalue weighted by Gasteiger charge is -1.95. The number of hydrogen-bond acceptors (Lipinski definition) is 5. The maximum Gasteiger partial charge on any atom is 0.322 e. The van der Waals surface area contributed by atoms with Crippen LogP contribution in [0.1, 0.15) is 24.8 Å². The van der Waals surface area contributed by atoms with Gasteiger partial charge in [-0.05, 0) is 0 Å². The summed E-state index contributed by atoms with van der Waals surface area (Å²) < 4.78 is 0. The normalized spacial score (nSPS) is 10.4. The van der Waals surface area contributed by atoms with E-state index in [1.165, 1.54) is 11.3 Å². The molecule has 0 spiro atoms. The van der Waals surface area contributed by atoms with E-state index in [0.29, 0.717) is 11.0 Å². The number of carboxylic acid groups (broad SMARTS) is 1. The van der Waals surface area contributed by atoms with E-state index in [0.717, 1.165) is 5.01 Å². The van der Waals surface area contributed by atoms with Gasteiger partial charge in [-0.25, -0.2) is 0 Å². The van der Waals surface area contributed by atoms with Gasteiger partial charge in [0, 0.05) is 5.92 Å². The molecule has 0 amide bonds. The van der Waals surface area contributed by atoms with Gasteiger partial charge in [0.1, 0.15) is 11.6 Å². The fraction of sp³-hybridized carbons (Fsp3) is 0.571. The third-order valence-corrected chi connectivity index (χ3v) is 2.51. The van der Waals surface area contributed by atoms with Crippen LogP contribution >= 0.6 is 11.3 Å². The number of hydrogen-bond donors (Lipinski definition) is 2. The van der Waals surface area contributed by atoms with Crippen LogP contribution in [-0.4, -0.2) is 27.8 Å². The molecule has 0 saturated carbocycles. The van der Waals surface area contributed by atoms with Crippen LogP contribution in [0.4, 0.5) is 5.13 Å². The van der Waals surface area contributed by atoms with Crippen molar-refractivity contribution < 1.29 is 9.90 Å². The van der Waals surface area contributed by atoms with Crippen molar-refractivity contribution in [3.63, 3.8) is 0 Å². The summed E-state index contributed by atoms with van der Waals surface area (Å²) in [5.74, 6) is -0.570. The second-order valence-corrected chi connectivity index (χ2v) is 3.86. The molecule has 0 bridgehead atoms. The van der Waals surface area contributed by atoms with Crippen molar-refractivity contribution in [3.8, 4) is 0 Å². The summed E-state index contributed by atoms with van der Waals surface area (Å²) >= 11 is 1.39. The number of nitrogens with one attached hydrogen (secondary N) is 1. The molecule has 2 N–H and O–H groups in total. The molecule has 0 atom stereocenters. The van der Waals surface area contributed by atoms with E-state index in [2.05, 4.69) is 15.5 Å². The number of carboxylic acids is 1. The van der Waals surface area contributed by atoms with E-state index in [-0.39, 0.29) is 6.54 Å². The average Bonchev–Trinajstić information content (AvgIpc) is 2.48. The Bertz CT molecular complexity index is 298. The van der Waals surface area contributed by atoms with Gasteiger partial charge in [-0.3, -0.25) is 4.79 Å². The highest BCUT2D eigenvalue weighted by atomic mass is 32.1. The van der Waals surface area contributed by atoms with Gasteiger partial charge in [0.25, 0.3) is 0 Å². The number of nitrogens with zero attached hydrogens (tertiary/aromatic N) is 2. The molecule has 1 rings (SSSR count). The summed E-state index contributed by atoms with van der Waals surface area (Å²) in [6.07, 6.45) is 0. The molecule has 13 heavy (non-hydrogen) atoms. The lowest BCUT2D eigenvalue weighted by Crippen LogP contribution is -2.11. The zero-order valence-corrected chi connectivity index (χ0v) is 8.26. The maximum absolute atomic E-state index is 10.2. The van der Waals surface area contributed by atoms with Crippen LogP contribution in [0.2, 0.25) is 0 Å². The van der Waals surface area contributed by atoms with E-state index in [1.807, 2.05) is 13.8 Å². The van der Waals surface area contributed by atoms with Crippen molar-refractivity contribution in [2.45, 2.75) is 19.8 Å². The third kappa shape index (κ3) is 2.98. The quantitative estimate of drug-likeness (QED) is 0.764. The van der Waals surface area contributed by atoms with Gasteiger partial charge in [-0.1, -0.05) is 25.2 Å². The Labute approximate surface area is 79.8 Å². The monoisotopic (exact) mass is 201 g/mol. The van der Waals surface area contributed by atoms with Gasteiger partial charge in [-0.15, -0.1) is 10.2 Å². The molecule has 5 nitrogen and oxygen atoms in total. The van der Waals surface area contributed by atoms with E-state index in [4.69, 9.17) is 5.11 Å². The average molecular weight is 201 g/mol. The first-order chi connectivity index (χ1) is 6.09. The fourth-order valence-electron chi connectivity index (χ4n) is 0.691. The van der Waals surface area contributed by atoms with Crippen LogP contribution in [0.25, 0.3) is 0 Å². The van der Waals surface area contributed by atoms with Crippen LogP contribution < -0.4 is 5.32 Å². The highest BCUT2D eigenvalue weighted by Gasteiger charge is 2.07. The van der Waals surface area contributed by atoms with Crippen LogP contribution in [0.5, 0.6) is 0 Å². The molecule has 1 heterocycles. The van der Waals surface area contributed by atoms with Crippen LogP contribution in [0.3, 0.4) is 0 Å². The Kier molecular flexibility index (Phi) is 3.18. The van der Waals surface area contributed by atoms with Crippen molar-refractivity contribution in [1.29, 1.82) is 0 Å². The Morgan fingerprint density at radius 1 is 1.62 bits per heavy atom. The second-order valence-electron chi connectivity index (χ2n) is 2.85. The Morgan fingerprint density at radius 2 is 2.31 bits per heavy atom. The Hall–Kier alpha value is -1.17. The molecular weight excluding hydrogens is 190 g/mol. The largest absolute Gasteiger partial charge is 0.480 e. The van der Waals surface area contributed by atoms with Crippen molar-refractivity contribution >= 4 is 22.4 Å². The van der Waals surface area contributed by atoms with Crippen LogP contribution in [0, 0.1) is 0 Å². The van der Waals surface area contributed by atoms with Crippen LogP contribution in [0.15, 0.2) is 0 Å². The number of carbonyl (C=O) groups is 1. The first kappa shape index (κ1) is 9.91. The minimum Gasteiger partial charge on any atom is -0.480 e.